The highest BCUT2D eigenvalue weighted by molar-refractivity contribution is 9.10. The average Bonchev–Trinajstić information content (AvgIpc) is 1.85. The summed E-state index contributed by atoms with van der Waals surface area (Å²) in [6.45, 7) is 4.23. The molecule has 0 heterocycles. The molecule has 0 N–H and O–H groups in total. The number of ether oxygens (including phenoxy) is 1. The van der Waals surface area contributed by atoms with E-state index in [4.69, 9.17) is 4.74 Å². The second kappa shape index (κ2) is 5.66. The Morgan fingerprint density at radius 2 is 2.18 bits per heavy atom. The molecule has 0 saturated heterocycles. The fraction of sp³-hybridized carbons (Fsp3) is 0.571. The first-order valence-corrected chi connectivity index (χ1v) is 3.97. The highest BCUT2D eigenvalue weighted by Gasteiger charge is 2.17. The predicted octanol–water partition coefficient (Wildman–Crippen LogP) is 2.77. The monoisotopic (exact) mass is 227 g/mol. The Morgan fingerprint density at radius 1 is 1.55 bits per heavy atom. The molecule has 0 atom stereocenters. The first-order valence-electron chi connectivity index (χ1n) is 3.17. The molecule has 0 aliphatic heterocycles. The molecular weight excluding hydrogens is 218 g/mol. The van der Waals surface area contributed by atoms with E-state index < -0.39 is 4.83 Å². The van der Waals surface area contributed by atoms with Crippen LogP contribution in [-0.2, 0) is 4.74 Å². The zero-order valence-corrected chi connectivity index (χ0v) is 7.61. The Bertz CT molecular complexity index is 120. The molecule has 0 fully saturated rings. The highest BCUT2D eigenvalue weighted by Crippen LogP contribution is 2.22. The summed E-state index contributed by atoms with van der Waals surface area (Å²) in [6.07, 6.45) is 2.67. The molecule has 0 amide bonds. The third kappa shape index (κ3) is 10.0. The summed E-state index contributed by atoms with van der Waals surface area (Å²) < 4.78 is 28.9. The maximum Gasteiger partial charge on any atom is 0.320 e. The number of rotatable bonds is 5. The molecule has 0 aliphatic carbocycles. The van der Waals surface area contributed by atoms with Gasteiger partial charge in [0, 0.05) is 6.61 Å². The Kier molecular flexibility index (Phi) is 5.68. The summed E-state index contributed by atoms with van der Waals surface area (Å²) in [7, 11) is 0. The fourth-order valence-electron chi connectivity index (χ4n) is 0.435. The summed E-state index contributed by atoms with van der Waals surface area (Å²) in [5, 5.41) is 0. The zero-order chi connectivity index (χ0) is 8.74. The van der Waals surface area contributed by atoms with E-state index in [0.29, 0.717) is 13.0 Å². The van der Waals surface area contributed by atoms with E-state index in [1.54, 1.807) is 0 Å². The lowest BCUT2D eigenvalue weighted by Crippen LogP contribution is -1.99. The minimum absolute atomic E-state index is 0.205. The molecular formula is C7H10BrF2O. The molecule has 0 unspecified atom stereocenters. The Hall–Kier alpha value is 0.0400. The molecule has 11 heavy (non-hydrogen) atoms. The maximum absolute atomic E-state index is 12.0. The van der Waals surface area contributed by atoms with Gasteiger partial charge in [0.1, 0.15) is 0 Å². The van der Waals surface area contributed by atoms with E-state index in [1.807, 2.05) is 0 Å². The first kappa shape index (κ1) is 11.0. The summed E-state index contributed by atoms with van der Waals surface area (Å²) in [4.78, 5) is -2.92. The van der Waals surface area contributed by atoms with Gasteiger partial charge in [0.2, 0.25) is 0 Å². The maximum atomic E-state index is 12.0. The van der Waals surface area contributed by atoms with Crippen LogP contribution < -0.4 is 0 Å². The molecule has 0 aromatic carbocycles. The van der Waals surface area contributed by atoms with Crippen LogP contribution in [0.4, 0.5) is 8.78 Å². The number of halogens is 3. The van der Waals surface area contributed by atoms with Crippen molar-refractivity contribution < 1.29 is 13.5 Å². The molecule has 0 aliphatic rings. The van der Waals surface area contributed by atoms with Gasteiger partial charge in [-0.1, -0.05) is 13.0 Å². The van der Waals surface area contributed by atoms with Crippen molar-refractivity contribution in [1.29, 1.82) is 0 Å². The molecule has 1 nitrogen and oxygen atoms in total. The molecule has 0 spiro atoms. The summed E-state index contributed by atoms with van der Waals surface area (Å²) >= 11 is 2.16. The van der Waals surface area contributed by atoms with Gasteiger partial charge in [-0.3, -0.25) is 0 Å². The molecule has 0 bridgehead atoms. The van der Waals surface area contributed by atoms with E-state index in [2.05, 4.69) is 22.9 Å². The van der Waals surface area contributed by atoms with Crippen LogP contribution in [0.25, 0.3) is 0 Å². The van der Waals surface area contributed by atoms with E-state index >= 15 is 0 Å². The van der Waals surface area contributed by atoms with Crippen LogP contribution in [0.3, 0.4) is 0 Å². The van der Waals surface area contributed by atoms with E-state index in [0.717, 1.165) is 6.08 Å². The lowest BCUT2D eigenvalue weighted by Gasteiger charge is -2.00. The topological polar surface area (TPSA) is 9.23 Å². The third-order valence-corrected chi connectivity index (χ3v) is 1.07. The van der Waals surface area contributed by atoms with Crippen LogP contribution >= 0.6 is 15.9 Å². The van der Waals surface area contributed by atoms with Gasteiger partial charge in [-0.05, 0) is 28.4 Å². The molecule has 0 aromatic rings. The molecule has 65 valence electrons. The predicted molar refractivity (Wildman–Crippen MR) is 43.8 cm³/mol. The second-order valence-electron chi connectivity index (χ2n) is 1.87. The van der Waals surface area contributed by atoms with Crippen LogP contribution in [0.1, 0.15) is 6.42 Å². The summed E-state index contributed by atoms with van der Waals surface area (Å²) in [5.41, 5.74) is 0. The van der Waals surface area contributed by atoms with Crippen LogP contribution in [0.15, 0.2) is 12.2 Å². The van der Waals surface area contributed by atoms with Gasteiger partial charge in [-0.15, -0.1) is 0 Å². The van der Waals surface area contributed by atoms with E-state index in [-0.39, 0.29) is 6.61 Å². The number of allylic oxidation sites excluding steroid dienone is 1. The van der Waals surface area contributed by atoms with Crippen molar-refractivity contribution >= 4 is 15.9 Å². The largest absolute Gasteiger partial charge is 0.377 e. The molecule has 0 aromatic heterocycles. The van der Waals surface area contributed by atoms with E-state index in [1.165, 1.54) is 6.08 Å². The first-order chi connectivity index (χ1) is 5.06. The Labute approximate surface area is 73.6 Å². The van der Waals surface area contributed by atoms with Gasteiger partial charge in [0.05, 0.1) is 6.61 Å². The van der Waals surface area contributed by atoms with Crippen LogP contribution in [0, 0.1) is 6.92 Å². The van der Waals surface area contributed by atoms with Crippen molar-refractivity contribution in [3.63, 3.8) is 0 Å². The van der Waals surface area contributed by atoms with Crippen molar-refractivity contribution in [2.45, 2.75) is 11.3 Å². The Morgan fingerprint density at radius 3 is 2.64 bits per heavy atom. The zero-order valence-electron chi connectivity index (χ0n) is 6.03. The van der Waals surface area contributed by atoms with E-state index in [9.17, 15) is 8.78 Å². The van der Waals surface area contributed by atoms with Crippen molar-refractivity contribution in [2.24, 2.45) is 0 Å². The van der Waals surface area contributed by atoms with Crippen LogP contribution in [0.5, 0.6) is 0 Å². The molecule has 0 rings (SSSR count). The SMILES string of the molecule is [CH2]CCOCC=CC(F)(F)Br. The lowest BCUT2D eigenvalue weighted by atomic mass is 10.5. The van der Waals surface area contributed by atoms with Gasteiger partial charge in [-0.2, -0.15) is 8.78 Å². The molecule has 1 radical (unpaired) electrons. The van der Waals surface area contributed by atoms with Gasteiger partial charge < -0.3 is 4.74 Å². The van der Waals surface area contributed by atoms with Crippen molar-refractivity contribution in [3.8, 4) is 0 Å². The Balaban J connectivity index is 3.30. The highest BCUT2D eigenvalue weighted by atomic mass is 79.9. The molecule has 4 heteroatoms. The van der Waals surface area contributed by atoms with Gasteiger partial charge >= 0.3 is 4.83 Å². The van der Waals surface area contributed by atoms with Crippen molar-refractivity contribution in [3.05, 3.63) is 19.1 Å². The van der Waals surface area contributed by atoms with Crippen molar-refractivity contribution in [1.82, 2.24) is 0 Å². The van der Waals surface area contributed by atoms with Gasteiger partial charge in [-0.25, -0.2) is 0 Å². The average molecular weight is 228 g/mol. The smallest absolute Gasteiger partial charge is 0.320 e. The number of hydrogen-bond acceptors (Lipinski definition) is 1. The normalized spacial score (nSPS) is 12.7. The fourth-order valence-corrected chi connectivity index (χ4v) is 0.622. The quantitative estimate of drug-likeness (QED) is 0.399. The third-order valence-electron chi connectivity index (χ3n) is 0.810. The minimum atomic E-state index is -2.92. The van der Waals surface area contributed by atoms with Gasteiger partial charge in [0.15, 0.2) is 0 Å². The number of alkyl halides is 3. The number of hydrogen-bond donors (Lipinski definition) is 0. The summed E-state index contributed by atoms with van der Waals surface area (Å²) in [5.74, 6) is 0. The summed E-state index contributed by atoms with van der Waals surface area (Å²) in [6, 6.07) is 0. The lowest BCUT2D eigenvalue weighted by molar-refractivity contribution is 0.156. The van der Waals surface area contributed by atoms with Gasteiger partial charge in [0.25, 0.3) is 0 Å². The van der Waals surface area contributed by atoms with Crippen LogP contribution in [-0.4, -0.2) is 18.0 Å². The molecule has 0 saturated carbocycles. The van der Waals surface area contributed by atoms with Crippen molar-refractivity contribution in [2.75, 3.05) is 13.2 Å². The second-order valence-corrected chi connectivity index (χ2v) is 2.93. The minimum Gasteiger partial charge on any atom is -0.377 e. The van der Waals surface area contributed by atoms with Crippen LogP contribution in [0.2, 0.25) is 0 Å². The standard InChI is InChI=1S/C7H10BrF2O/c1-2-5-11-6-3-4-7(8,9)10/h3-4H,1-2,5-6H2.